The van der Waals surface area contributed by atoms with Crippen LogP contribution >= 0.6 is 12.2 Å². The molecule has 0 spiro atoms. The summed E-state index contributed by atoms with van der Waals surface area (Å²) in [5.41, 5.74) is 6.41. The average molecular weight is 205 g/mol. The number of hydrazine groups is 1. The van der Waals surface area contributed by atoms with E-state index >= 15 is 0 Å². The van der Waals surface area contributed by atoms with Crippen molar-refractivity contribution in [3.8, 4) is 0 Å². The Bertz CT molecular complexity index is 238. The van der Waals surface area contributed by atoms with Gasteiger partial charge in [-0.15, -0.1) is 4.83 Å². The number of hydrogen-bond acceptors (Lipinski definition) is 3. The zero-order valence-electron chi connectivity index (χ0n) is 5.04. The van der Waals surface area contributed by atoms with E-state index in [1.807, 2.05) is 0 Å². The average Bonchev–Trinajstić information content (AvgIpc) is 1.84. The van der Waals surface area contributed by atoms with Crippen LogP contribution in [0.3, 0.4) is 0 Å². The first-order valence-corrected chi connectivity index (χ1v) is 4.16. The Morgan fingerprint density at radius 1 is 1.55 bits per heavy atom. The van der Waals surface area contributed by atoms with Gasteiger partial charge in [-0.05, 0) is 12.2 Å². The molecule has 0 aromatic carbocycles. The van der Waals surface area contributed by atoms with Crippen LogP contribution in [0.2, 0.25) is 0 Å². The van der Waals surface area contributed by atoms with E-state index in [0.29, 0.717) is 0 Å². The van der Waals surface area contributed by atoms with Crippen LogP contribution in [0.15, 0.2) is 0 Å². The first-order chi connectivity index (χ1) is 4.86. The molecule has 4 N–H and O–H groups in total. The predicted molar refractivity (Wildman–Crippen MR) is 38.0 cm³/mol. The van der Waals surface area contributed by atoms with Crippen molar-refractivity contribution in [1.82, 2.24) is 10.3 Å². The fraction of sp³-hybridized carbons (Fsp3) is 0.500. The maximum Gasteiger partial charge on any atom is 0.351 e. The Kier molecular flexibility index (Phi) is 3.55. The second-order valence-electron chi connectivity index (χ2n) is 1.40. The molecule has 9 heteroatoms. The van der Waals surface area contributed by atoms with Gasteiger partial charge in [-0.25, -0.2) is 8.42 Å². The van der Waals surface area contributed by atoms with Crippen LogP contribution in [0.4, 0.5) is 8.78 Å². The number of halogens is 2. The number of nitrogens with two attached hydrogens (primary N) is 1. The molecule has 0 heterocycles. The van der Waals surface area contributed by atoms with Crippen molar-refractivity contribution in [3.05, 3.63) is 0 Å². The summed E-state index contributed by atoms with van der Waals surface area (Å²) in [6.07, 6.45) is 0. The van der Waals surface area contributed by atoms with Crippen LogP contribution in [0.5, 0.6) is 0 Å². The first-order valence-electron chi connectivity index (χ1n) is 2.20. The number of nitrogens with one attached hydrogen (secondary N) is 2. The molecule has 0 aliphatic rings. The summed E-state index contributed by atoms with van der Waals surface area (Å²) in [6, 6.07) is 0. The zero-order valence-corrected chi connectivity index (χ0v) is 6.68. The Hall–Kier alpha value is -0.540. The van der Waals surface area contributed by atoms with E-state index in [1.165, 1.54) is 4.83 Å². The molecule has 0 amide bonds. The molecule has 11 heavy (non-hydrogen) atoms. The third kappa shape index (κ3) is 4.01. The highest BCUT2D eigenvalue weighted by Crippen LogP contribution is 1.99. The van der Waals surface area contributed by atoms with Gasteiger partial charge in [0, 0.05) is 0 Å². The molecule has 0 aromatic heterocycles. The van der Waals surface area contributed by atoms with Gasteiger partial charge in [0.05, 0.1) is 0 Å². The third-order valence-electron chi connectivity index (χ3n) is 0.551. The number of hydrogen-bond donors (Lipinski definition) is 3. The second-order valence-corrected chi connectivity index (χ2v) is 3.49. The van der Waals surface area contributed by atoms with Gasteiger partial charge in [0.15, 0.2) is 5.11 Å². The van der Waals surface area contributed by atoms with E-state index in [-0.39, 0.29) is 0 Å². The van der Waals surface area contributed by atoms with E-state index in [1.54, 1.807) is 5.43 Å². The van der Waals surface area contributed by atoms with Gasteiger partial charge in [0.25, 0.3) is 10.0 Å². The fourth-order valence-electron chi connectivity index (χ4n) is 0.166. The molecule has 5 nitrogen and oxygen atoms in total. The molecule has 0 fully saturated rings. The molecular weight excluding hydrogens is 200 g/mol. The van der Waals surface area contributed by atoms with Crippen molar-refractivity contribution in [2.75, 3.05) is 0 Å². The minimum Gasteiger partial charge on any atom is -0.375 e. The van der Waals surface area contributed by atoms with Gasteiger partial charge < -0.3 is 5.73 Å². The molecule has 0 atom stereocenters. The number of thiocarbonyl (C=S) groups is 1. The van der Waals surface area contributed by atoms with E-state index in [9.17, 15) is 17.2 Å². The topological polar surface area (TPSA) is 84.2 Å². The molecule has 0 aromatic rings. The summed E-state index contributed by atoms with van der Waals surface area (Å²) in [6.45, 7) is 0. The molecule has 0 radical (unpaired) electrons. The second kappa shape index (κ2) is 3.74. The zero-order chi connectivity index (χ0) is 9.07. The predicted octanol–water partition coefficient (Wildman–Crippen LogP) is -1.12. The molecule has 0 unspecified atom stereocenters. The van der Waals surface area contributed by atoms with Crippen molar-refractivity contribution < 1.29 is 17.2 Å². The first kappa shape index (κ1) is 10.5. The molecule has 66 valence electrons. The van der Waals surface area contributed by atoms with Crippen LogP contribution < -0.4 is 16.0 Å². The highest BCUT2D eigenvalue weighted by molar-refractivity contribution is 7.89. The van der Waals surface area contributed by atoms with Gasteiger partial charge in [-0.3, -0.25) is 5.43 Å². The Morgan fingerprint density at radius 3 is 2.27 bits per heavy atom. The van der Waals surface area contributed by atoms with Gasteiger partial charge in [0.1, 0.15) is 0 Å². The van der Waals surface area contributed by atoms with Crippen molar-refractivity contribution >= 4 is 27.4 Å². The largest absolute Gasteiger partial charge is 0.375 e. The Balaban J connectivity index is 4.05. The smallest absolute Gasteiger partial charge is 0.351 e. The van der Waals surface area contributed by atoms with Crippen molar-refractivity contribution in [2.24, 2.45) is 5.73 Å². The Morgan fingerprint density at radius 2 is 2.00 bits per heavy atom. The SMILES string of the molecule is NC(=S)NNS(=O)(=O)C(F)F. The molecule has 0 aliphatic heterocycles. The summed E-state index contributed by atoms with van der Waals surface area (Å²) in [5.74, 6) is -3.51. The highest BCUT2D eigenvalue weighted by Gasteiger charge is 2.23. The standard InChI is InChI=1S/C2H5F2N3O2S2/c3-1(4)11(8,9)7-6-2(5)10/h1,7H,(H3,5,6,10). The van der Waals surface area contributed by atoms with Crippen LogP contribution in [-0.2, 0) is 10.0 Å². The lowest BCUT2D eigenvalue weighted by molar-refractivity contribution is 0.232. The van der Waals surface area contributed by atoms with Crippen molar-refractivity contribution in [2.45, 2.75) is 5.76 Å². The van der Waals surface area contributed by atoms with Crippen molar-refractivity contribution in [3.63, 3.8) is 0 Å². The van der Waals surface area contributed by atoms with Crippen LogP contribution in [-0.4, -0.2) is 19.3 Å². The molecule has 0 rings (SSSR count). The van der Waals surface area contributed by atoms with Crippen LogP contribution in [0.1, 0.15) is 0 Å². The van der Waals surface area contributed by atoms with E-state index in [0.717, 1.165) is 0 Å². The molecule has 0 saturated heterocycles. The van der Waals surface area contributed by atoms with Crippen LogP contribution in [0.25, 0.3) is 0 Å². The highest BCUT2D eigenvalue weighted by atomic mass is 32.2. The third-order valence-corrected chi connectivity index (χ3v) is 1.51. The minimum absolute atomic E-state index is 0.436. The van der Waals surface area contributed by atoms with Gasteiger partial charge in [-0.1, -0.05) is 0 Å². The van der Waals surface area contributed by atoms with E-state index in [4.69, 9.17) is 5.73 Å². The number of alkyl halides is 2. The summed E-state index contributed by atoms with van der Waals surface area (Å²) < 4.78 is 43.4. The molecule has 0 bridgehead atoms. The molecular formula is C2H5F2N3O2S2. The van der Waals surface area contributed by atoms with Crippen LogP contribution in [0, 0.1) is 0 Å². The minimum atomic E-state index is -4.66. The number of sulfonamides is 1. The molecule has 0 aliphatic carbocycles. The van der Waals surface area contributed by atoms with Gasteiger partial charge in [-0.2, -0.15) is 8.78 Å². The maximum atomic E-state index is 11.5. The lowest BCUT2D eigenvalue weighted by Gasteiger charge is -2.05. The fourth-order valence-corrected chi connectivity index (χ4v) is 0.623. The van der Waals surface area contributed by atoms with Gasteiger partial charge in [0.2, 0.25) is 0 Å². The maximum absolute atomic E-state index is 11.5. The quantitative estimate of drug-likeness (QED) is 0.401. The molecule has 0 saturated carbocycles. The lowest BCUT2D eigenvalue weighted by atomic mass is 11.2. The number of rotatable bonds is 3. The summed E-state index contributed by atoms with van der Waals surface area (Å²) in [4.78, 5) is 1.26. The Labute approximate surface area is 67.0 Å². The van der Waals surface area contributed by atoms with E-state index in [2.05, 4.69) is 12.2 Å². The lowest BCUT2D eigenvalue weighted by Crippen LogP contribution is -2.46. The normalized spacial score (nSPS) is 11.5. The monoisotopic (exact) mass is 205 g/mol. The van der Waals surface area contributed by atoms with Crippen molar-refractivity contribution in [1.29, 1.82) is 0 Å². The van der Waals surface area contributed by atoms with Gasteiger partial charge >= 0.3 is 5.76 Å². The summed E-state index contributed by atoms with van der Waals surface area (Å²) in [5, 5.41) is -0.436. The summed E-state index contributed by atoms with van der Waals surface area (Å²) >= 11 is 4.14. The summed E-state index contributed by atoms with van der Waals surface area (Å²) in [7, 11) is -4.66. The van der Waals surface area contributed by atoms with E-state index < -0.39 is 20.9 Å².